The van der Waals surface area contributed by atoms with Gasteiger partial charge < -0.3 is 5.32 Å². The first-order valence-corrected chi connectivity index (χ1v) is 2.76. The Balaban J connectivity index is 2.67. The van der Waals surface area contributed by atoms with Crippen molar-refractivity contribution in [1.82, 2.24) is 10.2 Å². The van der Waals surface area contributed by atoms with Crippen LogP contribution in [0.3, 0.4) is 0 Å². The second-order valence-corrected chi connectivity index (χ2v) is 1.74. The lowest BCUT2D eigenvalue weighted by Gasteiger charge is -1.96. The van der Waals surface area contributed by atoms with Crippen LogP contribution in [0, 0.1) is 6.20 Å². The highest BCUT2D eigenvalue weighted by atomic mass is 16.1. The minimum atomic E-state index is -0.135. The van der Waals surface area contributed by atoms with Crippen LogP contribution in [0.2, 0.25) is 0 Å². The zero-order valence-corrected chi connectivity index (χ0v) is 5.46. The highest BCUT2D eigenvalue weighted by molar-refractivity contribution is 5.88. The van der Waals surface area contributed by atoms with E-state index in [1.54, 1.807) is 6.07 Å². The summed E-state index contributed by atoms with van der Waals surface area (Å²) < 4.78 is 0. The Hall–Kier alpha value is -1.45. The number of nitrogens with zero attached hydrogens (tertiary/aromatic N) is 2. The zero-order valence-electron chi connectivity index (χ0n) is 5.46. The van der Waals surface area contributed by atoms with Gasteiger partial charge in [0.25, 0.3) is 0 Å². The topological polar surface area (TPSA) is 54.9 Å². The number of nitrogens with one attached hydrogen (secondary N) is 1. The number of carbonyl (C=O) groups is 1. The van der Waals surface area contributed by atoms with Crippen LogP contribution in [0.1, 0.15) is 6.92 Å². The molecule has 51 valence electrons. The average Bonchev–Trinajstić information content (AvgIpc) is 1.88. The van der Waals surface area contributed by atoms with E-state index in [-0.39, 0.29) is 5.91 Å². The van der Waals surface area contributed by atoms with Gasteiger partial charge in [-0.15, -0.1) is 5.10 Å². The molecule has 10 heavy (non-hydrogen) atoms. The molecule has 1 amide bonds. The maximum absolute atomic E-state index is 10.4. The van der Waals surface area contributed by atoms with E-state index < -0.39 is 0 Å². The summed E-state index contributed by atoms with van der Waals surface area (Å²) in [7, 11) is 0. The van der Waals surface area contributed by atoms with Gasteiger partial charge in [0.2, 0.25) is 5.91 Å². The lowest BCUT2D eigenvalue weighted by Crippen LogP contribution is -2.05. The Morgan fingerprint density at radius 2 is 2.60 bits per heavy atom. The summed E-state index contributed by atoms with van der Waals surface area (Å²) in [6.07, 6.45) is 3.99. The number of anilines is 1. The van der Waals surface area contributed by atoms with Crippen molar-refractivity contribution < 1.29 is 4.79 Å². The highest BCUT2D eigenvalue weighted by Crippen LogP contribution is 1.98. The lowest BCUT2D eigenvalue weighted by molar-refractivity contribution is -0.114. The van der Waals surface area contributed by atoms with Crippen molar-refractivity contribution in [2.75, 3.05) is 5.32 Å². The molecule has 1 heterocycles. The van der Waals surface area contributed by atoms with Crippen LogP contribution in [-0.4, -0.2) is 16.1 Å². The fourth-order valence-electron chi connectivity index (χ4n) is 0.520. The van der Waals surface area contributed by atoms with Crippen molar-refractivity contribution in [2.24, 2.45) is 0 Å². The van der Waals surface area contributed by atoms with Gasteiger partial charge in [0.05, 0.1) is 11.9 Å². The zero-order chi connectivity index (χ0) is 7.40. The minimum Gasteiger partial charge on any atom is -0.324 e. The Labute approximate surface area is 58.3 Å². The van der Waals surface area contributed by atoms with Crippen LogP contribution in [0.5, 0.6) is 0 Å². The molecule has 1 rings (SSSR count). The van der Waals surface area contributed by atoms with Crippen molar-refractivity contribution in [3.63, 3.8) is 0 Å². The minimum absolute atomic E-state index is 0.135. The van der Waals surface area contributed by atoms with E-state index in [9.17, 15) is 4.79 Å². The van der Waals surface area contributed by atoms with E-state index in [4.69, 9.17) is 0 Å². The predicted molar refractivity (Wildman–Crippen MR) is 35.2 cm³/mol. The Morgan fingerprint density at radius 1 is 1.80 bits per heavy atom. The first-order chi connectivity index (χ1) is 4.79. The Kier molecular flexibility index (Phi) is 1.94. The van der Waals surface area contributed by atoms with Gasteiger partial charge in [-0.3, -0.25) is 4.79 Å². The van der Waals surface area contributed by atoms with Crippen molar-refractivity contribution in [2.45, 2.75) is 6.92 Å². The summed E-state index contributed by atoms with van der Waals surface area (Å²) >= 11 is 0. The first-order valence-electron chi connectivity index (χ1n) is 2.76. The van der Waals surface area contributed by atoms with E-state index in [0.29, 0.717) is 5.69 Å². The number of hydrogen-bond donors (Lipinski definition) is 1. The monoisotopic (exact) mass is 136 g/mol. The summed E-state index contributed by atoms with van der Waals surface area (Å²) in [5.41, 5.74) is 0.544. The van der Waals surface area contributed by atoms with Crippen LogP contribution in [0.4, 0.5) is 5.69 Å². The van der Waals surface area contributed by atoms with E-state index in [2.05, 4.69) is 21.7 Å². The van der Waals surface area contributed by atoms with Gasteiger partial charge in [-0.25, -0.2) is 0 Å². The number of aromatic nitrogens is 2. The van der Waals surface area contributed by atoms with Gasteiger partial charge in [0.15, 0.2) is 0 Å². The molecule has 1 N–H and O–H groups in total. The summed E-state index contributed by atoms with van der Waals surface area (Å²) in [6, 6.07) is 1.62. The molecule has 0 aliphatic heterocycles. The third-order valence-electron chi connectivity index (χ3n) is 0.847. The molecular formula is C6H6N3O. The number of rotatable bonds is 1. The van der Waals surface area contributed by atoms with Crippen molar-refractivity contribution in [3.05, 3.63) is 18.5 Å². The van der Waals surface area contributed by atoms with E-state index in [1.165, 1.54) is 13.1 Å². The molecular weight excluding hydrogens is 130 g/mol. The van der Waals surface area contributed by atoms with Crippen molar-refractivity contribution in [1.29, 1.82) is 0 Å². The molecule has 0 saturated heterocycles. The molecule has 0 aliphatic carbocycles. The number of hydrogen-bond acceptors (Lipinski definition) is 3. The molecule has 1 radical (unpaired) electrons. The fourth-order valence-corrected chi connectivity index (χ4v) is 0.520. The molecule has 0 saturated carbocycles. The largest absolute Gasteiger partial charge is 0.324 e. The maximum Gasteiger partial charge on any atom is 0.221 e. The van der Waals surface area contributed by atoms with E-state index >= 15 is 0 Å². The smallest absolute Gasteiger partial charge is 0.221 e. The molecule has 4 nitrogen and oxygen atoms in total. The summed E-state index contributed by atoms with van der Waals surface area (Å²) in [5, 5.41) is 9.45. The Bertz CT molecular complexity index is 222. The summed E-state index contributed by atoms with van der Waals surface area (Å²) in [5.74, 6) is -0.135. The molecule has 0 spiro atoms. The maximum atomic E-state index is 10.4. The molecule has 4 heteroatoms. The van der Waals surface area contributed by atoms with Crippen molar-refractivity contribution >= 4 is 11.6 Å². The SMILES string of the molecule is CC(=O)Nc1[c]nncc1. The molecule has 0 aliphatic rings. The summed E-state index contributed by atoms with van der Waals surface area (Å²) in [4.78, 5) is 10.4. The molecule has 1 aromatic rings. The molecule has 0 aromatic carbocycles. The highest BCUT2D eigenvalue weighted by Gasteiger charge is 1.92. The van der Waals surface area contributed by atoms with Gasteiger partial charge in [0.1, 0.15) is 6.20 Å². The van der Waals surface area contributed by atoms with Crippen LogP contribution in [0.15, 0.2) is 12.3 Å². The third-order valence-corrected chi connectivity index (χ3v) is 0.847. The second-order valence-electron chi connectivity index (χ2n) is 1.74. The fraction of sp³-hybridized carbons (Fsp3) is 0.167. The predicted octanol–water partition coefficient (Wildman–Crippen LogP) is 0.235. The lowest BCUT2D eigenvalue weighted by atomic mass is 10.5. The first kappa shape index (κ1) is 6.67. The quantitative estimate of drug-likeness (QED) is 0.601. The molecule has 0 bridgehead atoms. The van der Waals surface area contributed by atoms with Gasteiger partial charge in [-0.05, 0) is 6.07 Å². The normalized spacial score (nSPS) is 8.90. The summed E-state index contributed by atoms with van der Waals surface area (Å²) in [6.45, 7) is 1.42. The standard InChI is InChI=1S/C6H6N3O/c1-5(10)9-6-2-3-7-8-4-6/h2-3H,1H3,(H,7,9,10). The molecule has 0 fully saturated rings. The average molecular weight is 136 g/mol. The van der Waals surface area contributed by atoms with Crippen molar-refractivity contribution in [3.8, 4) is 0 Å². The van der Waals surface area contributed by atoms with Gasteiger partial charge in [0, 0.05) is 6.92 Å². The van der Waals surface area contributed by atoms with E-state index in [0.717, 1.165) is 0 Å². The molecule has 0 atom stereocenters. The van der Waals surface area contributed by atoms with Crippen LogP contribution < -0.4 is 5.32 Å². The van der Waals surface area contributed by atoms with E-state index in [1.807, 2.05) is 0 Å². The Morgan fingerprint density at radius 3 is 3.10 bits per heavy atom. The third kappa shape index (κ3) is 1.81. The van der Waals surface area contributed by atoms with Gasteiger partial charge in [-0.1, -0.05) is 0 Å². The van der Waals surface area contributed by atoms with Gasteiger partial charge >= 0.3 is 0 Å². The second kappa shape index (κ2) is 2.91. The van der Waals surface area contributed by atoms with Crippen LogP contribution >= 0.6 is 0 Å². The molecule has 0 unspecified atom stereocenters. The van der Waals surface area contributed by atoms with Gasteiger partial charge in [-0.2, -0.15) is 5.10 Å². The molecule has 1 aromatic heterocycles. The number of carbonyl (C=O) groups excluding carboxylic acids is 1. The van der Waals surface area contributed by atoms with Crippen LogP contribution in [-0.2, 0) is 4.79 Å². The number of amides is 1. The van der Waals surface area contributed by atoms with Crippen LogP contribution in [0.25, 0.3) is 0 Å².